The van der Waals surface area contributed by atoms with Crippen LogP contribution in [0.2, 0.25) is 10.0 Å². The predicted molar refractivity (Wildman–Crippen MR) is 229 cm³/mol. The summed E-state index contributed by atoms with van der Waals surface area (Å²) in [6.07, 6.45) is 10.8. The standard InChI is InChI=1S/C48H52Cl2N4O3/c1-33-20-47(44(49)22-40(33)28-53-16-6-4-7-17-53)56-31-38-12-10-14-42(34(38)2)43-15-11-13-39(35(43)3)32-57-48-24-46(55-30-37-21-36(25-51)26-52-27-37)41(23-45(48)50)29-54-18-8-5-9-19-54/h10-15,20-24,26-27H,4-9,16-19,28-32H2,1-3H3. The summed E-state index contributed by atoms with van der Waals surface area (Å²) in [5, 5.41) is 10.6. The van der Waals surface area contributed by atoms with Crippen LogP contribution in [0.4, 0.5) is 0 Å². The molecule has 0 unspecified atom stereocenters. The molecule has 0 N–H and O–H groups in total. The molecule has 9 heteroatoms. The normalized spacial score (nSPS) is 14.9. The van der Waals surface area contributed by atoms with Crippen molar-refractivity contribution in [1.29, 1.82) is 5.26 Å². The Balaban J connectivity index is 1.06. The monoisotopic (exact) mass is 802 g/mol. The summed E-state index contributed by atoms with van der Waals surface area (Å²) >= 11 is 13.7. The molecule has 0 bridgehead atoms. The predicted octanol–water partition coefficient (Wildman–Crippen LogP) is 11.6. The molecule has 0 amide bonds. The number of halogens is 2. The summed E-state index contributed by atoms with van der Waals surface area (Å²) in [5.41, 5.74) is 11.6. The van der Waals surface area contributed by atoms with Crippen LogP contribution in [0.15, 0.2) is 79.1 Å². The first-order chi connectivity index (χ1) is 27.7. The number of likely N-dealkylation sites (tertiary alicyclic amines) is 2. The van der Waals surface area contributed by atoms with Gasteiger partial charge in [0, 0.05) is 42.7 Å². The van der Waals surface area contributed by atoms with E-state index in [-0.39, 0.29) is 6.61 Å². The van der Waals surface area contributed by atoms with E-state index in [2.05, 4.69) is 90.2 Å². The molecule has 0 spiro atoms. The minimum Gasteiger partial charge on any atom is -0.488 e. The van der Waals surface area contributed by atoms with Crippen LogP contribution in [0.1, 0.15) is 88.6 Å². The quantitative estimate of drug-likeness (QED) is 0.111. The molecule has 5 aromatic rings. The van der Waals surface area contributed by atoms with Crippen molar-refractivity contribution in [1.82, 2.24) is 14.8 Å². The van der Waals surface area contributed by atoms with Crippen molar-refractivity contribution in [3.05, 3.63) is 139 Å². The summed E-state index contributed by atoms with van der Waals surface area (Å²) in [6.45, 7) is 13.6. The minimum atomic E-state index is 0.277. The van der Waals surface area contributed by atoms with E-state index in [4.69, 9.17) is 37.4 Å². The Morgan fingerprint density at radius 1 is 0.596 bits per heavy atom. The lowest BCUT2D eigenvalue weighted by molar-refractivity contribution is 0.214. The SMILES string of the molecule is Cc1cc(OCc2cccc(-c3cccc(COc4cc(OCc5cncc(C#N)c5)c(CN5CCCCC5)cc4Cl)c3C)c2C)c(Cl)cc1CN1CCCCC1. The van der Waals surface area contributed by atoms with Crippen molar-refractivity contribution < 1.29 is 14.2 Å². The molecule has 2 fully saturated rings. The van der Waals surface area contributed by atoms with Gasteiger partial charge in [-0.15, -0.1) is 0 Å². The third-order valence-corrected chi connectivity index (χ3v) is 12.0. The summed E-state index contributed by atoms with van der Waals surface area (Å²) in [6, 6.07) is 24.8. The second-order valence-corrected chi connectivity index (χ2v) is 16.3. The molecule has 2 aliphatic heterocycles. The Kier molecular flexibility index (Phi) is 13.7. The number of aryl methyl sites for hydroxylation is 1. The number of aromatic nitrogens is 1. The van der Waals surface area contributed by atoms with E-state index < -0.39 is 0 Å². The second kappa shape index (κ2) is 19.2. The average molecular weight is 804 g/mol. The highest BCUT2D eigenvalue weighted by Gasteiger charge is 2.19. The average Bonchev–Trinajstić information content (AvgIpc) is 3.22. The Bertz CT molecular complexity index is 2220. The summed E-state index contributed by atoms with van der Waals surface area (Å²) in [5.74, 6) is 1.99. The minimum absolute atomic E-state index is 0.277. The molecule has 0 saturated carbocycles. The van der Waals surface area contributed by atoms with Gasteiger partial charge in [-0.25, -0.2) is 0 Å². The Hall–Kier alpha value is -4.58. The maximum atomic E-state index is 9.36. The van der Waals surface area contributed by atoms with Crippen molar-refractivity contribution >= 4 is 23.2 Å². The largest absolute Gasteiger partial charge is 0.488 e. The Morgan fingerprint density at radius 3 is 1.70 bits per heavy atom. The third kappa shape index (κ3) is 10.3. The van der Waals surface area contributed by atoms with Gasteiger partial charge in [-0.05, 0) is 141 Å². The Labute approximate surface area is 348 Å². The number of pyridine rings is 1. The smallest absolute Gasteiger partial charge is 0.142 e. The van der Waals surface area contributed by atoms with Crippen LogP contribution in [0, 0.1) is 32.1 Å². The van der Waals surface area contributed by atoms with Crippen LogP contribution in [-0.2, 0) is 32.9 Å². The van der Waals surface area contributed by atoms with Gasteiger partial charge in [0.2, 0.25) is 0 Å². The fourth-order valence-electron chi connectivity index (χ4n) is 8.00. The number of rotatable bonds is 14. The highest BCUT2D eigenvalue weighted by Crippen LogP contribution is 2.37. The van der Waals surface area contributed by atoms with Crippen LogP contribution in [0.25, 0.3) is 11.1 Å². The van der Waals surface area contributed by atoms with Crippen LogP contribution in [0.5, 0.6) is 17.2 Å². The molecule has 296 valence electrons. The van der Waals surface area contributed by atoms with Gasteiger partial charge in [-0.1, -0.05) is 72.4 Å². The van der Waals surface area contributed by atoms with Crippen LogP contribution < -0.4 is 14.2 Å². The van der Waals surface area contributed by atoms with Gasteiger partial charge in [0.15, 0.2) is 0 Å². The topological polar surface area (TPSA) is 70.8 Å². The lowest BCUT2D eigenvalue weighted by Gasteiger charge is -2.27. The first-order valence-corrected chi connectivity index (χ1v) is 21.0. The lowest BCUT2D eigenvalue weighted by Crippen LogP contribution is -2.29. The number of hydrogen-bond donors (Lipinski definition) is 0. The zero-order chi connectivity index (χ0) is 39.7. The highest BCUT2D eigenvalue weighted by atomic mass is 35.5. The molecule has 3 heterocycles. The molecule has 4 aromatic carbocycles. The summed E-state index contributed by atoms with van der Waals surface area (Å²) in [7, 11) is 0. The molecular weight excluding hydrogens is 751 g/mol. The van der Waals surface area contributed by atoms with Gasteiger partial charge >= 0.3 is 0 Å². The molecule has 0 atom stereocenters. The first kappa shape index (κ1) is 40.6. The fraction of sp³-hybridized carbons (Fsp3) is 0.375. The zero-order valence-corrected chi connectivity index (χ0v) is 34.9. The van der Waals surface area contributed by atoms with Gasteiger partial charge in [-0.2, -0.15) is 5.26 Å². The number of ether oxygens (including phenoxy) is 3. The molecular formula is C48H52Cl2N4O3. The lowest BCUT2D eigenvalue weighted by atomic mass is 9.92. The first-order valence-electron chi connectivity index (χ1n) is 20.2. The maximum Gasteiger partial charge on any atom is 0.142 e. The number of piperidine rings is 2. The number of nitriles is 1. The number of nitrogens with zero attached hydrogens (tertiary/aromatic N) is 4. The molecule has 0 aliphatic carbocycles. The van der Waals surface area contributed by atoms with Crippen molar-refractivity contribution in [3.8, 4) is 34.4 Å². The van der Waals surface area contributed by atoms with Gasteiger partial charge in [0.05, 0.1) is 15.6 Å². The van der Waals surface area contributed by atoms with Crippen molar-refractivity contribution in [2.24, 2.45) is 0 Å². The molecule has 57 heavy (non-hydrogen) atoms. The van der Waals surface area contributed by atoms with Crippen molar-refractivity contribution in [2.45, 2.75) is 92.2 Å². The van der Waals surface area contributed by atoms with Gasteiger partial charge in [-0.3, -0.25) is 14.8 Å². The summed E-state index contributed by atoms with van der Waals surface area (Å²) < 4.78 is 19.2. The van der Waals surface area contributed by atoms with Crippen molar-refractivity contribution in [3.63, 3.8) is 0 Å². The zero-order valence-electron chi connectivity index (χ0n) is 33.4. The third-order valence-electron chi connectivity index (χ3n) is 11.5. The van der Waals surface area contributed by atoms with E-state index in [9.17, 15) is 5.26 Å². The Morgan fingerprint density at radius 2 is 1.12 bits per heavy atom. The van der Waals surface area contributed by atoms with Crippen LogP contribution in [-0.4, -0.2) is 41.0 Å². The van der Waals surface area contributed by atoms with Gasteiger partial charge in [0.1, 0.15) is 43.1 Å². The molecule has 1 aromatic heterocycles. The maximum absolute atomic E-state index is 9.36. The molecule has 7 nitrogen and oxygen atoms in total. The fourth-order valence-corrected chi connectivity index (χ4v) is 8.48. The number of benzene rings is 4. The van der Waals surface area contributed by atoms with E-state index in [0.717, 1.165) is 83.8 Å². The van der Waals surface area contributed by atoms with E-state index >= 15 is 0 Å². The van der Waals surface area contributed by atoms with Gasteiger partial charge < -0.3 is 14.2 Å². The second-order valence-electron chi connectivity index (χ2n) is 15.5. The number of hydrogen-bond acceptors (Lipinski definition) is 7. The highest BCUT2D eigenvalue weighted by molar-refractivity contribution is 6.32. The van der Waals surface area contributed by atoms with Crippen molar-refractivity contribution in [2.75, 3.05) is 26.2 Å². The van der Waals surface area contributed by atoms with Gasteiger partial charge in [0.25, 0.3) is 0 Å². The molecule has 2 saturated heterocycles. The van der Waals surface area contributed by atoms with E-state index in [0.29, 0.717) is 46.1 Å². The van der Waals surface area contributed by atoms with Crippen LogP contribution >= 0.6 is 23.2 Å². The van der Waals surface area contributed by atoms with E-state index in [1.165, 1.54) is 49.7 Å². The molecule has 7 rings (SSSR count). The summed E-state index contributed by atoms with van der Waals surface area (Å²) in [4.78, 5) is 9.17. The van der Waals surface area contributed by atoms with Crippen LogP contribution in [0.3, 0.4) is 0 Å². The van der Waals surface area contributed by atoms with E-state index in [1.807, 2.05) is 12.1 Å². The molecule has 0 radical (unpaired) electrons. The van der Waals surface area contributed by atoms with E-state index in [1.54, 1.807) is 18.5 Å². The molecule has 2 aliphatic rings.